The minimum Gasteiger partial charge on any atom is -0.384 e. The first-order valence-electron chi connectivity index (χ1n) is 6.47. The van der Waals surface area contributed by atoms with E-state index in [1.54, 1.807) is 13.2 Å². The van der Waals surface area contributed by atoms with Gasteiger partial charge in [0.25, 0.3) is 0 Å². The molecule has 1 aliphatic carbocycles. The lowest BCUT2D eigenvalue weighted by Crippen LogP contribution is -2.29. The van der Waals surface area contributed by atoms with Gasteiger partial charge in [0.2, 0.25) is 0 Å². The third kappa shape index (κ3) is 3.93. The molecular weight excluding hydrogens is 262 g/mol. The third-order valence-corrected chi connectivity index (χ3v) is 3.74. The van der Waals surface area contributed by atoms with Crippen LogP contribution in [0.15, 0.2) is 18.2 Å². The van der Waals surface area contributed by atoms with Crippen molar-refractivity contribution in [3.05, 3.63) is 34.3 Å². The van der Waals surface area contributed by atoms with E-state index in [1.165, 1.54) is 12.8 Å². The highest BCUT2D eigenvalue weighted by Gasteiger charge is 2.28. The van der Waals surface area contributed by atoms with Gasteiger partial charge in [0, 0.05) is 36.8 Å². The molecule has 0 atom stereocenters. The minimum absolute atomic E-state index is 0.0480. The van der Waals surface area contributed by atoms with Gasteiger partial charge in [-0.25, -0.2) is 0 Å². The average molecular weight is 282 g/mol. The van der Waals surface area contributed by atoms with E-state index in [0.29, 0.717) is 16.6 Å². The lowest BCUT2D eigenvalue weighted by Gasteiger charge is -2.22. The molecule has 0 bridgehead atoms. The fraction of sp³-hybridized carbons (Fsp3) is 0.500. The molecule has 19 heavy (non-hydrogen) atoms. The van der Waals surface area contributed by atoms with E-state index >= 15 is 0 Å². The number of ether oxygens (including phenoxy) is 1. The van der Waals surface area contributed by atoms with Crippen LogP contribution in [0, 0.1) is 5.41 Å². The summed E-state index contributed by atoms with van der Waals surface area (Å²) in [6.45, 7) is 2.48. The minimum atomic E-state index is 0.0480. The first kappa shape index (κ1) is 14.3. The number of methoxy groups -OCH3 is 1. The summed E-state index contributed by atoms with van der Waals surface area (Å²) < 4.78 is 5.15. The van der Waals surface area contributed by atoms with Gasteiger partial charge in [-0.2, -0.15) is 0 Å². The van der Waals surface area contributed by atoms with Crippen LogP contribution in [0.2, 0.25) is 5.02 Å². The summed E-state index contributed by atoms with van der Waals surface area (Å²) in [6.07, 6.45) is 2.51. The number of hydrogen-bond donors (Lipinski definition) is 2. The Labute approximate surface area is 119 Å². The van der Waals surface area contributed by atoms with Gasteiger partial charge in [0.05, 0.1) is 6.61 Å². The molecule has 0 saturated heterocycles. The third-order valence-electron chi connectivity index (χ3n) is 3.38. The highest BCUT2D eigenvalue weighted by Crippen LogP contribution is 2.29. The Morgan fingerprint density at radius 2 is 2.26 bits per heavy atom. The summed E-state index contributed by atoms with van der Waals surface area (Å²) in [7, 11) is 1.72. The molecule has 0 radical (unpaired) electrons. The maximum Gasteiger partial charge on any atom is 0.122 e. The predicted molar refractivity (Wildman–Crippen MR) is 77.8 cm³/mol. The van der Waals surface area contributed by atoms with Crippen molar-refractivity contribution in [2.75, 3.05) is 20.3 Å². The molecule has 2 rings (SSSR count). The fourth-order valence-corrected chi connectivity index (χ4v) is 2.34. The maximum absolute atomic E-state index is 7.41. The lowest BCUT2D eigenvalue weighted by atomic mass is 10.1. The van der Waals surface area contributed by atoms with Crippen molar-refractivity contribution in [1.29, 1.82) is 5.41 Å². The van der Waals surface area contributed by atoms with Crippen LogP contribution in [0.5, 0.6) is 0 Å². The number of amidine groups is 1. The summed E-state index contributed by atoms with van der Waals surface area (Å²) in [6, 6.07) is 6.24. The summed E-state index contributed by atoms with van der Waals surface area (Å²) in [5, 5.41) is 8.08. The molecular formula is C14H20ClN3O. The second-order valence-electron chi connectivity index (χ2n) is 4.91. The standard InChI is InChI=1S/C14H20ClN3O/c1-19-7-6-18(12-4-5-12)9-11-3-2-10(14(16)17)8-13(11)15/h2-3,8,12H,4-7,9H2,1H3,(H3,16,17). The van der Waals surface area contributed by atoms with E-state index in [0.717, 1.165) is 25.3 Å². The largest absolute Gasteiger partial charge is 0.384 e. The molecule has 0 heterocycles. The van der Waals surface area contributed by atoms with Crippen LogP contribution in [0.3, 0.4) is 0 Å². The number of nitrogens with zero attached hydrogens (tertiary/aromatic N) is 1. The Bertz CT molecular complexity index is 460. The quantitative estimate of drug-likeness (QED) is 0.595. The Hall–Kier alpha value is -1.10. The number of nitrogen functional groups attached to an aromatic ring is 1. The van der Waals surface area contributed by atoms with E-state index < -0.39 is 0 Å². The van der Waals surface area contributed by atoms with E-state index in [2.05, 4.69) is 4.90 Å². The molecule has 1 saturated carbocycles. The van der Waals surface area contributed by atoms with Crippen molar-refractivity contribution in [2.24, 2.45) is 5.73 Å². The van der Waals surface area contributed by atoms with Crippen LogP contribution in [0.4, 0.5) is 0 Å². The molecule has 1 fully saturated rings. The normalized spacial score (nSPS) is 14.9. The molecule has 104 valence electrons. The molecule has 0 amide bonds. The van der Waals surface area contributed by atoms with Gasteiger partial charge in [0.1, 0.15) is 5.84 Å². The van der Waals surface area contributed by atoms with Crippen molar-refractivity contribution in [3.8, 4) is 0 Å². The van der Waals surface area contributed by atoms with Gasteiger partial charge >= 0.3 is 0 Å². The van der Waals surface area contributed by atoms with E-state index in [9.17, 15) is 0 Å². The SMILES string of the molecule is COCCN(Cc1ccc(C(=N)N)cc1Cl)C1CC1. The Morgan fingerprint density at radius 1 is 1.53 bits per heavy atom. The Morgan fingerprint density at radius 3 is 2.79 bits per heavy atom. The number of rotatable bonds is 7. The van der Waals surface area contributed by atoms with Crippen molar-refractivity contribution < 1.29 is 4.74 Å². The Balaban J connectivity index is 2.06. The van der Waals surface area contributed by atoms with Gasteiger partial charge in [0.15, 0.2) is 0 Å². The summed E-state index contributed by atoms with van der Waals surface area (Å²) in [5.74, 6) is 0.0480. The van der Waals surface area contributed by atoms with Gasteiger partial charge < -0.3 is 10.5 Å². The smallest absolute Gasteiger partial charge is 0.122 e. The van der Waals surface area contributed by atoms with Crippen molar-refractivity contribution in [3.63, 3.8) is 0 Å². The van der Waals surface area contributed by atoms with Crippen LogP contribution in [0.25, 0.3) is 0 Å². The monoisotopic (exact) mass is 281 g/mol. The van der Waals surface area contributed by atoms with Crippen LogP contribution >= 0.6 is 11.6 Å². The van der Waals surface area contributed by atoms with E-state index in [-0.39, 0.29) is 5.84 Å². The molecule has 5 heteroatoms. The molecule has 3 N–H and O–H groups in total. The number of halogens is 1. The molecule has 0 aromatic heterocycles. The van der Waals surface area contributed by atoms with E-state index in [1.807, 2.05) is 12.1 Å². The Kier molecular flexibility index (Phi) is 4.80. The molecule has 1 aliphatic rings. The zero-order chi connectivity index (χ0) is 13.8. The topological polar surface area (TPSA) is 62.3 Å². The van der Waals surface area contributed by atoms with Gasteiger partial charge in [-0.05, 0) is 24.5 Å². The highest BCUT2D eigenvalue weighted by molar-refractivity contribution is 6.31. The maximum atomic E-state index is 7.41. The zero-order valence-corrected chi connectivity index (χ0v) is 11.9. The number of hydrogen-bond acceptors (Lipinski definition) is 3. The number of nitrogens with two attached hydrogens (primary N) is 1. The van der Waals surface area contributed by atoms with Gasteiger partial charge in [-0.1, -0.05) is 23.7 Å². The number of nitrogens with one attached hydrogen (secondary N) is 1. The molecule has 4 nitrogen and oxygen atoms in total. The second-order valence-corrected chi connectivity index (χ2v) is 5.32. The summed E-state index contributed by atoms with van der Waals surface area (Å²) in [4.78, 5) is 2.40. The number of benzene rings is 1. The van der Waals surface area contributed by atoms with Gasteiger partial charge in [-0.3, -0.25) is 10.3 Å². The lowest BCUT2D eigenvalue weighted by molar-refractivity contribution is 0.139. The van der Waals surface area contributed by atoms with Crippen LogP contribution in [0.1, 0.15) is 24.0 Å². The summed E-state index contributed by atoms with van der Waals surface area (Å²) in [5.41, 5.74) is 7.20. The van der Waals surface area contributed by atoms with Crippen LogP contribution in [-0.2, 0) is 11.3 Å². The molecule has 0 spiro atoms. The van der Waals surface area contributed by atoms with Crippen molar-refractivity contribution in [2.45, 2.75) is 25.4 Å². The first-order valence-corrected chi connectivity index (χ1v) is 6.85. The van der Waals surface area contributed by atoms with Crippen LogP contribution < -0.4 is 5.73 Å². The highest BCUT2D eigenvalue weighted by atomic mass is 35.5. The van der Waals surface area contributed by atoms with Crippen molar-refractivity contribution in [1.82, 2.24) is 4.90 Å². The average Bonchev–Trinajstić information content (AvgIpc) is 3.20. The van der Waals surface area contributed by atoms with E-state index in [4.69, 9.17) is 27.5 Å². The summed E-state index contributed by atoms with van der Waals surface area (Å²) >= 11 is 6.27. The molecule has 1 aromatic rings. The molecule has 0 unspecified atom stereocenters. The van der Waals surface area contributed by atoms with Crippen molar-refractivity contribution >= 4 is 17.4 Å². The molecule has 0 aliphatic heterocycles. The fourth-order valence-electron chi connectivity index (χ4n) is 2.10. The second kappa shape index (κ2) is 6.37. The molecule has 1 aromatic carbocycles. The predicted octanol–water partition coefficient (Wildman–Crippen LogP) is 2.23. The zero-order valence-electron chi connectivity index (χ0n) is 11.2. The van der Waals surface area contributed by atoms with Crippen LogP contribution in [-0.4, -0.2) is 37.0 Å². The first-order chi connectivity index (χ1) is 9.11. The van der Waals surface area contributed by atoms with Gasteiger partial charge in [-0.15, -0.1) is 0 Å².